The first kappa shape index (κ1) is 18.4. The van der Waals surface area contributed by atoms with Crippen molar-refractivity contribution in [3.8, 4) is 17.2 Å². The maximum Gasteiger partial charge on any atom is 0.236 e. The van der Waals surface area contributed by atoms with Crippen molar-refractivity contribution in [1.29, 1.82) is 0 Å². The van der Waals surface area contributed by atoms with Crippen LogP contribution in [0.25, 0.3) is 0 Å². The Kier molecular flexibility index (Phi) is 5.41. The lowest BCUT2D eigenvalue weighted by atomic mass is 10.0. The first-order valence-corrected chi connectivity index (χ1v) is 9.96. The number of likely N-dealkylation sites (tertiary alicyclic amines) is 1. The van der Waals surface area contributed by atoms with Crippen molar-refractivity contribution in [1.82, 2.24) is 14.7 Å². The van der Waals surface area contributed by atoms with Crippen LogP contribution in [0.2, 0.25) is 0 Å². The molecule has 4 rings (SSSR count). The van der Waals surface area contributed by atoms with Crippen LogP contribution in [0.4, 0.5) is 0 Å². The Bertz CT molecular complexity index is 688. The molecule has 1 unspecified atom stereocenters. The molecule has 27 heavy (non-hydrogen) atoms. The van der Waals surface area contributed by atoms with Crippen LogP contribution in [0.5, 0.6) is 17.2 Å². The van der Waals surface area contributed by atoms with Crippen LogP contribution < -0.4 is 9.47 Å². The second-order valence-corrected chi connectivity index (χ2v) is 7.82. The second kappa shape index (κ2) is 7.94. The van der Waals surface area contributed by atoms with Crippen LogP contribution >= 0.6 is 0 Å². The molecular formula is C20H29N3O4. The molecule has 1 aromatic rings. The van der Waals surface area contributed by atoms with E-state index < -0.39 is 0 Å². The molecule has 1 N–H and O–H groups in total. The first-order valence-electron chi connectivity index (χ1n) is 9.96. The number of phenols is 1. The second-order valence-electron chi connectivity index (χ2n) is 7.82. The molecule has 0 radical (unpaired) electrons. The highest BCUT2D eigenvalue weighted by atomic mass is 16.7. The summed E-state index contributed by atoms with van der Waals surface area (Å²) in [5.41, 5.74) is 0.853. The number of piperidine rings is 1. The van der Waals surface area contributed by atoms with Crippen LogP contribution in [0.3, 0.4) is 0 Å². The number of carbonyl (C=O) groups is 1. The molecule has 7 nitrogen and oxygen atoms in total. The van der Waals surface area contributed by atoms with Crippen LogP contribution in [0.1, 0.15) is 31.7 Å². The maximum atomic E-state index is 12.6. The summed E-state index contributed by atoms with van der Waals surface area (Å²) in [6, 6.07) is 3.87. The number of nitrogens with zero attached hydrogens (tertiary/aromatic N) is 3. The summed E-state index contributed by atoms with van der Waals surface area (Å²) in [6.45, 7) is 7.99. The zero-order valence-electron chi connectivity index (χ0n) is 16.0. The number of hydrogen-bond donors (Lipinski definition) is 1. The number of benzene rings is 1. The van der Waals surface area contributed by atoms with Gasteiger partial charge in [-0.3, -0.25) is 14.6 Å². The van der Waals surface area contributed by atoms with Gasteiger partial charge in [0.25, 0.3) is 0 Å². The molecule has 0 saturated carbocycles. The third-order valence-electron chi connectivity index (χ3n) is 5.91. The van der Waals surface area contributed by atoms with Crippen molar-refractivity contribution in [2.45, 2.75) is 38.8 Å². The van der Waals surface area contributed by atoms with E-state index in [1.165, 1.54) is 6.42 Å². The molecule has 1 aromatic carbocycles. The van der Waals surface area contributed by atoms with E-state index in [2.05, 4.69) is 21.6 Å². The van der Waals surface area contributed by atoms with E-state index in [1.807, 2.05) is 6.07 Å². The van der Waals surface area contributed by atoms with E-state index in [1.54, 1.807) is 6.07 Å². The molecule has 2 saturated heterocycles. The Hall–Kier alpha value is -1.99. The number of amides is 1. The lowest BCUT2D eigenvalue weighted by Crippen LogP contribution is -2.51. The van der Waals surface area contributed by atoms with Gasteiger partial charge < -0.3 is 19.5 Å². The number of rotatable bonds is 4. The Morgan fingerprint density at radius 2 is 1.78 bits per heavy atom. The maximum absolute atomic E-state index is 12.6. The number of carbonyl (C=O) groups excluding carboxylic acids is 1. The third kappa shape index (κ3) is 4.14. The number of ether oxygens (including phenoxy) is 2. The van der Waals surface area contributed by atoms with Crippen LogP contribution in [0, 0.1) is 0 Å². The number of fused-ring (bicyclic) bond motifs is 1. The van der Waals surface area contributed by atoms with Crippen molar-refractivity contribution in [2.24, 2.45) is 0 Å². The molecule has 0 aromatic heterocycles. The van der Waals surface area contributed by atoms with Gasteiger partial charge in [0.2, 0.25) is 12.7 Å². The van der Waals surface area contributed by atoms with E-state index in [0.717, 1.165) is 51.1 Å². The van der Waals surface area contributed by atoms with Gasteiger partial charge in [-0.1, -0.05) is 0 Å². The quantitative estimate of drug-likeness (QED) is 0.863. The predicted octanol–water partition coefficient (Wildman–Crippen LogP) is 1.64. The molecule has 3 aliphatic rings. The van der Waals surface area contributed by atoms with Gasteiger partial charge in [-0.25, -0.2) is 0 Å². The van der Waals surface area contributed by atoms with Gasteiger partial charge in [0.05, 0.1) is 6.54 Å². The zero-order valence-corrected chi connectivity index (χ0v) is 16.0. The molecule has 2 fully saturated rings. The Balaban J connectivity index is 1.27. The average molecular weight is 375 g/mol. The van der Waals surface area contributed by atoms with Crippen LogP contribution in [0.15, 0.2) is 12.1 Å². The normalized spacial score (nSPS) is 23.6. The van der Waals surface area contributed by atoms with Gasteiger partial charge in [-0.15, -0.1) is 0 Å². The Morgan fingerprint density at radius 3 is 2.52 bits per heavy atom. The fraction of sp³-hybridized carbons (Fsp3) is 0.650. The summed E-state index contributed by atoms with van der Waals surface area (Å²) in [5.74, 6) is 1.81. The molecule has 1 amide bonds. The smallest absolute Gasteiger partial charge is 0.236 e. The zero-order chi connectivity index (χ0) is 18.8. The summed E-state index contributed by atoms with van der Waals surface area (Å²) in [7, 11) is 0. The Morgan fingerprint density at radius 1 is 1.07 bits per heavy atom. The highest BCUT2D eigenvalue weighted by Gasteiger charge is 2.27. The van der Waals surface area contributed by atoms with E-state index in [9.17, 15) is 9.90 Å². The molecule has 148 valence electrons. The van der Waals surface area contributed by atoms with Gasteiger partial charge in [-0.2, -0.15) is 0 Å². The van der Waals surface area contributed by atoms with Crippen LogP contribution in [-0.4, -0.2) is 77.8 Å². The van der Waals surface area contributed by atoms with Crippen molar-refractivity contribution in [3.05, 3.63) is 17.7 Å². The van der Waals surface area contributed by atoms with E-state index in [4.69, 9.17) is 9.47 Å². The third-order valence-corrected chi connectivity index (χ3v) is 5.91. The van der Waals surface area contributed by atoms with Gasteiger partial charge in [0.1, 0.15) is 5.75 Å². The highest BCUT2D eigenvalue weighted by Crippen LogP contribution is 2.38. The highest BCUT2D eigenvalue weighted by molar-refractivity contribution is 5.78. The largest absolute Gasteiger partial charge is 0.507 e. The summed E-state index contributed by atoms with van der Waals surface area (Å²) < 4.78 is 10.7. The van der Waals surface area contributed by atoms with E-state index in [-0.39, 0.29) is 18.4 Å². The monoisotopic (exact) mass is 375 g/mol. The molecule has 0 aliphatic carbocycles. The molecule has 3 heterocycles. The standard InChI is InChI=1S/C20H29N3O4/c1-15-4-2-3-5-23(15)20(25)13-22-8-6-21(7-9-22)12-16-10-18-19(11-17(16)24)27-14-26-18/h10-11,15,24H,2-9,12-14H2,1H3. The van der Waals surface area contributed by atoms with Crippen molar-refractivity contribution in [3.63, 3.8) is 0 Å². The Labute approximate surface area is 160 Å². The fourth-order valence-corrected chi connectivity index (χ4v) is 4.20. The molecular weight excluding hydrogens is 346 g/mol. The fourth-order valence-electron chi connectivity index (χ4n) is 4.20. The van der Waals surface area contributed by atoms with Crippen molar-refractivity contribution in [2.75, 3.05) is 46.1 Å². The lowest BCUT2D eigenvalue weighted by Gasteiger charge is -2.38. The van der Waals surface area contributed by atoms with Crippen molar-refractivity contribution < 1.29 is 19.4 Å². The lowest BCUT2D eigenvalue weighted by molar-refractivity contribution is -0.136. The SMILES string of the molecule is CC1CCCCN1C(=O)CN1CCN(Cc2cc3c(cc2O)OCO3)CC1. The number of hydrogen-bond acceptors (Lipinski definition) is 6. The van der Waals surface area contributed by atoms with E-state index in [0.29, 0.717) is 30.6 Å². The number of aromatic hydroxyl groups is 1. The molecule has 1 atom stereocenters. The summed E-state index contributed by atoms with van der Waals surface area (Å²) in [6.07, 6.45) is 3.48. The summed E-state index contributed by atoms with van der Waals surface area (Å²) >= 11 is 0. The minimum Gasteiger partial charge on any atom is -0.507 e. The average Bonchev–Trinajstić information content (AvgIpc) is 3.11. The minimum atomic E-state index is 0.209. The van der Waals surface area contributed by atoms with Gasteiger partial charge in [-0.05, 0) is 32.3 Å². The number of piperazine rings is 1. The summed E-state index contributed by atoms with van der Waals surface area (Å²) in [4.78, 5) is 19.2. The first-order chi connectivity index (χ1) is 13.1. The van der Waals surface area contributed by atoms with Gasteiger partial charge in [0.15, 0.2) is 11.5 Å². The van der Waals surface area contributed by atoms with Gasteiger partial charge >= 0.3 is 0 Å². The van der Waals surface area contributed by atoms with Gasteiger partial charge in [0, 0.05) is 56.9 Å². The predicted molar refractivity (Wildman–Crippen MR) is 101 cm³/mol. The number of phenolic OH excluding ortho intramolecular Hbond substituents is 1. The van der Waals surface area contributed by atoms with Crippen LogP contribution in [-0.2, 0) is 11.3 Å². The molecule has 0 bridgehead atoms. The minimum absolute atomic E-state index is 0.209. The summed E-state index contributed by atoms with van der Waals surface area (Å²) in [5, 5.41) is 10.2. The topological polar surface area (TPSA) is 65.5 Å². The molecule has 7 heteroatoms. The van der Waals surface area contributed by atoms with Crippen molar-refractivity contribution >= 4 is 5.91 Å². The molecule has 0 spiro atoms. The molecule has 3 aliphatic heterocycles. The van der Waals surface area contributed by atoms with E-state index >= 15 is 0 Å².